The second-order valence-electron chi connectivity index (χ2n) is 5.33. The minimum atomic E-state index is 0.773. The lowest BCUT2D eigenvalue weighted by molar-refractivity contribution is 0.322. The average Bonchev–Trinajstić information content (AvgIpc) is 3.05. The number of benzene rings is 2. The number of rotatable bonds is 6. The zero-order chi connectivity index (χ0) is 16.8. The summed E-state index contributed by atoms with van der Waals surface area (Å²) in [5, 5.41) is 16.8. The number of para-hydroxylation sites is 1. The Morgan fingerprint density at radius 1 is 1.12 bits per heavy atom. The van der Waals surface area contributed by atoms with Crippen LogP contribution in [-0.2, 0) is 0 Å². The summed E-state index contributed by atoms with van der Waals surface area (Å²) in [4.78, 5) is 1.25. The summed E-state index contributed by atoms with van der Waals surface area (Å²) < 4.78 is 1.80. The molecule has 3 aromatic rings. The summed E-state index contributed by atoms with van der Waals surface area (Å²) in [5.74, 6) is 1.12. The van der Waals surface area contributed by atoms with Gasteiger partial charge >= 0.3 is 0 Å². The van der Waals surface area contributed by atoms with Gasteiger partial charge in [0.15, 0.2) is 0 Å². The molecule has 0 aliphatic rings. The Hall–Kier alpha value is -2.53. The lowest BCUT2D eigenvalue weighted by Crippen LogP contribution is -1.94. The Bertz CT molecular complexity index is 810. The first-order valence-electron chi connectivity index (χ1n) is 7.87. The Morgan fingerprint density at radius 2 is 1.88 bits per heavy atom. The maximum atomic E-state index is 8.94. The highest BCUT2D eigenvalue weighted by atomic mass is 32.2. The second-order valence-corrected chi connectivity index (χ2v) is 6.50. The molecule has 0 atom stereocenters. The zero-order valence-corrected chi connectivity index (χ0v) is 14.3. The van der Waals surface area contributed by atoms with Gasteiger partial charge in [0.1, 0.15) is 5.69 Å². The van der Waals surface area contributed by atoms with E-state index in [0.717, 1.165) is 34.7 Å². The summed E-state index contributed by atoms with van der Waals surface area (Å²) in [5.41, 5.74) is 3.53. The molecule has 3 rings (SSSR count). The van der Waals surface area contributed by atoms with Crippen molar-refractivity contribution in [1.29, 1.82) is 0 Å². The molecule has 1 aromatic heterocycles. The highest BCUT2D eigenvalue weighted by molar-refractivity contribution is 7.99. The van der Waals surface area contributed by atoms with Crippen LogP contribution in [0, 0.1) is 0 Å². The zero-order valence-electron chi connectivity index (χ0n) is 13.5. The minimum absolute atomic E-state index is 0.773. The molecule has 4 nitrogen and oxygen atoms in total. The predicted octanol–water partition coefficient (Wildman–Crippen LogP) is 4.85. The number of oxime groups is 1. The van der Waals surface area contributed by atoms with E-state index >= 15 is 0 Å². The minimum Gasteiger partial charge on any atom is -0.411 e. The summed E-state index contributed by atoms with van der Waals surface area (Å²) in [6.07, 6.45) is 4.44. The molecule has 0 radical (unpaired) electrons. The molecular formula is C19H19N3OS. The summed E-state index contributed by atoms with van der Waals surface area (Å²) in [6.45, 7) is 2.18. The van der Waals surface area contributed by atoms with Crippen LogP contribution in [0.2, 0.25) is 0 Å². The first-order valence-corrected chi connectivity index (χ1v) is 8.86. The van der Waals surface area contributed by atoms with Crippen molar-refractivity contribution in [2.45, 2.75) is 18.2 Å². The summed E-state index contributed by atoms with van der Waals surface area (Å²) in [6, 6.07) is 18.2. The second kappa shape index (κ2) is 7.84. The first-order chi connectivity index (χ1) is 11.8. The van der Waals surface area contributed by atoms with Gasteiger partial charge < -0.3 is 5.21 Å². The van der Waals surface area contributed by atoms with Gasteiger partial charge in [0, 0.05) is 22.2 Å². The van der Waals surface area contributed by atoms with E-state index in [1.807, 2.05) is 48.3 Å². The monoisotopic (exact) mass is 337 g/mol. The molecule has 1 N–H and O–H groups in total. The van der Waals surface area contributed by atoms with Gasteiger partial charge in [-0.2, -0.15) is 5.10 Å². The van der Waals surface area contributed by atoms with Crippen molar-refractivity contribution in [1.82, 2.24) is 9.78 Å². The molecular weight excluding hydrogens is 318 g/mol. The van der Waals surface area contributed by atoms with Crippen molar-refractivity contribution in [2.75, 3.05) is 5.75 Å². The van der Waals surface area contributed by atoms with Crippen LogP contribution in [-0.4, -0.2) is 27.0 Å². The van der Waals surface area contributed by atoms with Crippen LogP contribution < -0.4 is 0 Å². The lowest BCUT2D eigenvalue weighted by atomic mass is 10.1. The van der Waals surface area contributed by atoms with Crippen molar-refractivity contribution in [2.24, 2.45) is 5.16 Å². The fourth-order valence-corrected chi connectivity index (χ4v) is 3.18. The van der Waals surface area contributed by atoms with Crippen LogP contribution in [0.15, 0.2) is 70.8 Å². The van der Waals surface area contributed by atoms with Crippen LogP contribution in [0.3, 0.4) is 0 Å². The Balaban J connectivity index is 1.96. The van der Waals surface area contributed by atoms with Gasteiger partial charge in [0.2, 0.25) is 0 Å². The van der Waals surface area contributed by atoms with Gasteiger partial charge in [0.25, 0.3) is 0 Å². The first kappa shape index (κ1) is 16.3. The smallest absolute Gasteiger partial charge is 0.102 e. The van der Waals surface area contributed by atoms with Crippen molar-refractivity contribution in [3.05, 3.63) is 66.4 Å². The molecule has 122 valence electrons. The Kier molecular flexibility index (Phi) is 5.33. The van der Waals surface area contributed by atoms with Gasteiger partial charge in [-0.15, -0.1) is 11.8 Å². The predicted molar refractivity (Wildman–Crippen MR) is 99.4 cm³/mol. The van der Waals surface area contributed by atoms with Crippen molar-refractivity contribution < 1.29 is 5.21 Å². The fraction of sp³-hybridized carbons (Fsp3) is 0.158. The standard InChI is InChI=1S/C19H19N3OS/c1-2-12-24-18-10-8-15(9-11-18)19-16(13-20-23)14-22(21-19)17-6-4-3-5-7-17/h3-11,13-14,23H,2,12H2,1H3. The van der Waals surface area contributed by atoms with E-state index in [4.69, 9.17) is 5.21 Å². The molecule has 0 bridgehead atoms. The molecule has 0 unspecified atom stereocenters. The summed E-state index contributed by atoms with van der Waals surface area (Å²) >= 11 is 1.85. The van der Waals surface area contributed by atoms with E-state index in [2.05, 4.69) is 41.4 Å². The third-order valence-electron chi connectivity index (χ3n) is 3.56. The molecule has 24 heavy (non-hydrogen) atoms. The molecule has 0 aliphatic carbocycles. The molecule has 5 heteroatoms. The largest absolute Gasteiger partial charge is 0.411 e. The van der Waals surface area contributed by atoms with Crippen molar-refractivity contribution in [3.63, 3.8) is 0 Å². The van der Waals surface area contributed by atoms with Crippen molar-refractivity contribution >= 4 is 18.0 Å². The van der Waals surface area contributed by atoms with Gasteiger partial charge in [-0.25, -0.2) is 4.68 Å². The maximum Gasteiger partial charge on any atom is 0.102 e. The van der Waals surface area contributed by atoms with Gasteiger partial charge in [-0.1, -0.05) is 42.4 Å². The van der Waals surface area contributed by atoms with Crippen LogP contribution >= 0.6 is 11.8 Å². The third kappa shape index (κ3) is 3.68. The fourth-order valence-electron chi connectivity index (χ4n) is 2.41. The van der Waals surface area contributed by atoms with E-state index in [9.17, 15) is 0 Å². The molecule has 0 aliphatic heterocycles. The van der Waals surface area contributed by atoms with E-state index in [0.29, 0.717) is 0 Å². The SMILES string of the molecule is CCCSc1ccc(-c2nn(-c3ccccc3)cc2C=NO)cc1. The molecule has 0 spiro atoms. The van der Waals surface area contributed by atoms with Crippen molar-refractivity contribution in [3.8, 4) is 16.9 Å². The normalized spacial score (nSPS) is 11.2. The number of thioether (sulfide) groups is 1. The van der Waals surface area contributed by atoms with Gasteiger partial charge in [-0.3, -0.25) is 0 Å². The molecule has 0 saturated heterocycles. The molecule has 1 heterocycles. The van der Waals surface area contributed by atoms with E-state index in [1.54, 1.807) is 4.68 Å². The van der Waals surface area contributed by atoms with E-state index < -0.39 is 0 Å². The molecule has 0 saturated carbocycles. The van der Waals surface area contributed by atoms with Crippen LogP contribution in [0.4, 0.5) is 0 Å². The molecule has 2 aromatic carbocycles. The number of aromatic nitrogens is 2. The van der Waals surface area contributed by atoms with E-state index in [-0.39, 0.29) is 0 Å². The highest BCUT2D eigenvalue weighted by Crippen LogP contribution is 2.26. The van der Waals surface area contributed by atoms with Crippen LogP contribution in [0.5, 0.6) is 0 Å². The van der Waals surface area contributed by atoms with E-state index in [1.165, 1.54) is 11.1 Å². The van der Waals surface area contributed by atoms with Crippen LogP contribution in [0.1, 0.15) is 18.9 Å². The summed E-state index contributed by atoms with van der Waals surface area (Å²) in [7, 11) is 0. The quantitative estimate of drug-likeness (QED) is 0.303. The van der Waals surface area contributed by atoms with Gasteiger partial charge in [-0.05, 0) is 36.4 Å². The number of nitrogens with zero attached hydrogens (tertiary/aromatic N) is 3. The van der Waals surface area contributed by atoms with Crippen LogP contribution in [0.25, 0.3) is 16.9 Å². The maximum absolute atomic E-state index is 8.94. The average molecular weight is 337 g/mol. The third-order valence-corrected chi connectivity index (χ3v) is 4.78. The Labute approximate surface area is 145 Å². The lowest BCUT2D eigenvalue weighted by Gasteiger charge is -2.03. The Morgan fingerprint density at radius 3 is 2.54 bits per heavy atom. The van der Waals surface area contributed by atoms with Gasteiger partial charge in [0.05, 0.1) is 11.9 Å². The number of hydrogen-bond donors (Lipinski definition) is 1. The number of hydrogen-bond acceptors (Lipinski definition) is 4. The topological polar surface area (TPSA) is 50.4 Å². The highest BCUT2D eigenvalue weighted by Gasteiger charge is 2.11. The molecule has 0 fully saturated rings. The molecule has 0 amide bonds.